The van der Waals surface area contributed by atoms with E-state index in [9.17, 15) is 0 Å². The fraction of sp³-hybridized carbons (Fsp3) is 0.857. The summed E-state index contributed by atoms with van der Waals surface area (Å²) in [5.41, 5.74) is 6.33. The van der Waals surface area contributed by atoms with Crippen molar-refractivity contribution in [3.8, 4) is 0 Å². The molecule has 1 saturated heterocycles. The molecule has 20 heavy (non-hydrogen) atoms. The minimum Gasteiger partial charge on any atom is -0.339 e. The summed E-state index contributed by atoms with van der Waals surface area (Å²) in [6.45, 7) is 1.08. The van der Waals surface area contributed by atoms with Gasteiger partial charge in [-0.15, -0.1) is 0 Å². The van der Waals surface area contributed by atoms with E-state index in [0.29, 0.717) is 5.89 Å². The molecule has 1 atom stereocenters. The highest BCUT2D eigenvalue weighted by Crippen LogP contribution is 2.30. The van der Waals surface area contributed by atoms with Crippen molar-refractivity contribution in [2.24, 2.45) is 5.73 Å². The van der Waals surface area contributed by atoms with Gasteiger partial charge in [0.05, 0.1) is 6.04 Å². The number of hydrogen-bond acceptors (Lipinski definition) is 6. The summed E-state index contributed by atoms with van der Waals surface area (Å²) < 4.78 is 5.46. The van der Waals surface area contributed by atoms with Gasteiger partial charge in [0.25, 0.3) is 0 Å². The van der Waals surface area contributed by atoms with Gasteiger partial charge in [-0.25, -0.2) is 0 Å². The van der Waals surface area contributed by atoms with Crippen molar-refractivity contribution in [1.29, 1.82) is 0 Å². The maximum Gasteiger partial charge on any atom is 0.228 e. The molecule has 1 aliphatic heterocycles. The van der Waals surface area contributed by atoms with Crippen LogP contribution in [-0.2, 0) is 6.42 Å². The van der Waals surface area contributed by atoms with Crippen LogP contribution in [0.2, 0.25) is 0 Å². The van der Waals surface area contributed by atoms with Crippen LogP contribution < -0.4 is 5.73 Å². The molecular formula is C14H24N4OS. The SMILES string of the molecule is CN1CCSCC1c1noc(CC2(N)CCCCC2)n1. The number of rotatable bonds is 3. The summed E-state index contributed by atoms with van der Waals surface area (Å²) in [6, 6.07) is 0.284. The molecule has 0 bridgehead atoms. The normalized spacial score (nSPS) is 27.6. The van der Waals surface area contributed by atoms with Crippen molar-refractivity contribution in [2.75, 3.05) is 25.1 Å². The lowest BCUT2D eigenvalue weighted by atomic mass is 9.80. The number of hydrogen-bond donors (Lipinski definition) is 1. The maximum atomic E-state index is 6.46. The van der Waals surface area contributed by atoms with Gasteiger partial charge < -0.3 is 10.3 Å². The molecule has 0 amide bonds. The third kappa shape index (κ3) is 3.18. The van der Waals surface area contributed by atoms with Gasteiger partial charge in [-0.2, -0.15) is 16.7 Å². The highest BCUT2D eigenvalue weighted by Gasteiger charge is 2.31. The fourth-order valence-corrected chi connectivity index (χ4v) is 4.38. The molecule has 2 heterocycles. The van der Waals surface area contributed by atoms with Crippen LogP contribution in [0.4, 0.5) is 0 Å². The second-order valence-electron chi connectivity index (χ2n) is 6.22. The summed E-state index contributed by atoms with van der Waals surface area (Å²) >= 11 is 1.96. The van der Waals surface area contributed by atoms with Crippen LogP contribution in [0.1, 0.15) is 49.9 Å². The second kappa shape index (κ2) is 6.03. The van der Waals surface area contributed by atoms with E-state index in [4.69, 9.17) is 10.3 Å². The van der Waals surface area contributed by atoms with Gasteiger partial charge in [0.15, 0.2) is 5.82 Å². The molecular weight excluding hydrogens is 272 g/mol. The Labute approximate surface area is 124 Å². The molecule has 1 aromatic heterocycles. The summed E-state index contributed by atoms with van der Waals surface area (Å²) in [7, 11) is 2.13. The predicted molar refractivity (Wildman–Crippen MR) is 80.7 cm³/mol. The van der Waals surface area contributed by atoms with E-state index < -0.39 is 0 Å². The van der Waals surface area contributed by atoms with Crippen LogP contribution in [0.25, 0.3) is 0 Å². The van der Waals surface area contributed by atoms with E-state index in [1.54, 1.807) is 0 Å². The molecule has 0 aromatic carbocycles. The average Bonchev–Trinajstić information content (AvgIpc) is 2.87. The standard InChI is InChI=1S/C14H24N4OS/c1-18-7-8-20-10-11(18)13-16-12(19-17-13)9-14(15)5-3-2-4-6-14/h11H,2-10,15H2,1H3. The molecule has 2 fully saturated rings. The van der Waals surface area contributed by atoms with E-state index in [1.165, 1.54) is 25.0 Å². The van der Waals surface area contributed by atoms with E-state index in [-0.39, 0.29) is 11.6 Å². The van der Waals surface area contributed by atoms with Gasteiger partial charge in [-0.1, -0.05) is 24.4 Å². The van der Waals surface area contributed by atoms with Crippen LogP contribution in [-0.4, -0.2) is 45.7 Å². The summed E-state index contributed by atoms with van der Waals surface area (Å²) in [6.07, 6.45) is 6.62. The topological polar surface area (TPSA) is 68.2 Å². The lowest BCUT2D eigenvalue weighted by molar-refractivity contribution is 0.249. The van der Waals surface area contributed by atoms with Gasteiger partial charge in [0.1, 0.15) is 0 Å². The first kappa shape index (κ1) is 14.4. The van der Waals surface area contributed by atoms with Crippen LogP contribution >= 0.6 is 11.8 Å². The number of thioether (sulfide) groups is 1. The van der Waals surface area contributed by atoms with Gasteiger partial charge >= 0.3 is 0 Å². The third-order valence-corrected chi connectivity index (χ3v) is 5.55. The maximum absolute atomic E-state index is 6.46. The number of aromatic nitrogens is 2. The van der Waals surface area contributed by atoms with Crippen molar-refractivity contribution in [3.63, 3.8) is 0 Å². The first-order valence-corrected chi connectivity index (χ1v) is 8.71. The smallest absolute Gasteiger partial charge is 0.228 e. The number of nitrogens with two attached hydrogens (primary N) is 1. The molecule has 0 spiro atoms. The zero-order chi connectivity index (χ0) is 14.0. The number of nitrogens with zero attached hydrogens (tertiary/aromatic N) is 3. The van der Waals surface area contributed by atoms with Crippen molar-refractivity contribution < 1.29 is 4.52 Å². The van der Waals surface area contributed by atoms with Crippen molar-refractivity contribution in [2.45, 2.75) is 50.1 Å². The van der Waals surface area contributed by atoms with Gasteiger partial charge in [0, 0.05) is 30.0 Å². The zero-order valence-electron chi connectivity index (χ0n) is 12.2. The molecule has 3 rings (SSSR count). The third-order valence-electron chi connectivity index (χ3n) is 4.53. The van der Waals surface area contributed by atoms with Crippen LogP contribution in [0.3, 0.4) is 0 Å². The lowest BCUT2D eigenvalue weighted by Gasteiger charge is -2.32. The van der Waals surface area contributed by atoms with Crippen molar-refractivity contribution in [1.82, 2.24) is 15.0 Å². The van der Waals surface area contributed by atoms with Crippen LogP contribution in [0.5, 0.6) is 0 Å². The molecule has 0 radical (unpaired) electrons. The Kier molecular flexibility index (Phi) is 4.33. The highest BCUT2D eigenvalue weighted by atomic mass is 32.2. The van der Waals surface area contributed by atoms with Gasteiger partial charge in [0.2, 0.25) is 5.89 Å². The van der Waals surface area contributed by atoms with E-state index in [0.717, 1.165) is 37.4 Å². The molecule has 1 aliphatic carbocycles. The lowest BCUT2D eigenvalue weighted by Crippen LogP contribution is -2.43. The predicted octanol–water partition coefficient (Wildman–Crippen LogP) is 1.99. The molecule has 2 aliphatic rings. The molecule has 1 aromatic rings. The van der Waals surface area contributed by atoms with Crippen LogP contribution in [0.15, 0.2) is 4.52 Å². The second-order valence-corrected chi connectivity index (χ2v) is 7.37. The Hall–Kier alpha value is -0.590. The molecule has 1 saturated carbocycles. The zero-order valence-corrected chi connectivity index (χ0v) is 13.0. The first-order valence-electron chi connectivity index (χ1n) is 7.56. The molecule has 112 valence electrons. The Morgan fingerprint density at radius 1 is 1.40 bits per heavy atom. The summed E-state index contributed by atoms with van der Waals surface area (Å²) in [5.74, 6) is 3.77. The minimum absolute atomic E-state index is 0.130. The van der Waals surface area contributed by atoms with Crippen LogP contribution in [0, 0.1) is 0 Å². The minimum atomic E-state index is -0.130. The molecule has 5 nitrogen and oxygen atoms in total. The first-order chi connectivity index (χ1) is 9.66. The van der Waals surface area contributed by atoms with Crippen molar-refractivity contribution >= 4 is 11.8 Å². The largest absolute Gasteiger partial charge is 0.339 e. The summed E-state index contributed by atoms with van der Waals surface area (Å²) in [4.78, 5) is 6.92. The molecule has 2 N–H and O–H groups in total. The van der Waals surface area contributed by atoms with E-state index >= 15 is 0 Å². The fourth-order valence-electron chi connectivity index (χ4n) is 3.17. The van der Waals surface area contributed by atoms with Gasteiger partial charge in [-0.05, 0) is 19.9 Å². The average molecular weight is 296 g/mol. The Morgan fingerprint density at radius 2 is 2.20 bits per heavy atom. The molecule has 6 heteroatoms. The quantitative estimate of drug-likeness (QED) is 0.920. The highest BCUT2D eigenvalue weighted by molar-refractivity contribution is 7.99. The van der Waals surface area contributed by atoms with E-state index in [2.05, 4.69) is 22.1 Å². The monoisotopic (exact) mass is 296 g/mol. The van der Waals surface area contributed by atoms with Crippen molar-refractivity contribution in [3.05, 3.63) is 11.7 Å². The van der Waals surface area contributed by atoms with Gasteiger partial charge in [-0.3, -0.25) is 4.90 Å². The van der Waals surface area contributed by atoms with E-state index in [1.807, 2.05) is 11.8 Å². The molecule has 1 unspecified atom stereocenters. The Balaban J connectivity index is 1.67. The Bertz CT molecular complexity index is 444. The Morgan fingerprint density at radius 3 is 2.95 bits per heavy atom. The summed E-state index contributed by atoms with van der Waals surface area (Å²) in [5, 5.41) is 4.19.